The van der Waals surface area contributed by atoms with Gasteiger partial charge in [-0.25, -0.2) is 0 Å². The second kappa shape index (κ2) is 10.5. The largest absolute Gasteiger partial charge is 0.456 e. The maximum absolute atomic E-state index is 6.69. The summed E-state index contributed by atoms with van der Waals surface area (Å²) in [4.78, 5) is 2.28. The van der Waals surface area contributed by atoms with Crippen LogP contribution < -0.4 is 4.90 Å². The maximum Gasteiger partial charge on any atom is 0.213 e. The van der Waals surface area contributed by atoms with Crippen LogP contribution in [0.3, 0.4) is 0 Å². The van der Waals surface area contributed by atoms with Crippen LogP contribution in [0.1, 0.15) is 31.9 Å². The molecular formula is C43H33ClN2O2. The van der Waals surface area contributed by atoms with Crippen LogP contribution in [-0.2, 0) is 5.41 Å². The van der Waals surface area contributed by atoms with Crippen molar-refractivity contribution in [1.82, 2.24) is 4.57 Å². The van der Waals surface area contributed by atoms with Gasteiger partial charge in [0.1, 0.15) is 16.7 Å². The smallest absolute Gasteiger partial charge is 0.213 e. The minimum Gasteiger partial charge on any atom is -0.456 e. The van der Waals surface area contributed by atoms with Gasteiger partial charge in [-0.05, 0) is 96.3 Å². The van der Waals surface area contributed by atoms with E-state index in [0.717, 1.165) is 77.8 Å². The average Bonchev–Trinajstić information content (AvgIpc) is 3.73. The second-order valence-electron chi connectivity index (χ2n) is 13.7. The Labute approximate surface area is 283 Å². The monoisotopic (exact) mass is 644 g/mol. The fourth-order valence-corrected chi connectivity index (χ4v) is 7.38. The first-order valence-corrected chi connectivity index (χ1v) is 16.7. The molecule has 0 radical (unpaired) electrons. The Morgan fingerprint density at radius 2 is 1.31 bits per heavy atom. The van der Waals surface area contributed by atoms with Crippen molar-refractivity contribution in [1.29, 1.82) is 0 Å². The zero-order valence-electron chi connectivity index (χ0n) is 27.2. The van der Waals surface area contributed by atoms with Crippen LogP contribution in [0, 0.1) is 6.92 Å². The summed E-state index contributed by atoms with van der Waals surface area (Å²) >= 11 is 6.65. The Kier molecular flexibility index (Phi) is 6.31. The number of aryl methyl sites for hydroxylation is 1. The molecule has 6 aromatic carbocycles. The Balaban J connectivity index is 1.35. The predicted molar refractivity (Wildman–Crippen MR) is 201 cm³/mol. The van der Waals surface area contributed by atoms with E-state index >= 15 is 0 Å². The normalized spacial score (nSPS) is 12.3. The lowest BCUT2D eigenvalue weighted by Gasteiger charge is -2.27. The number of halogens is 1. The van der Waals surface area contributed by atoms with Gasteiger partial charge in [-0.1, -0.05) is 87.0 Å². The number of aromatic nitrogens is 1. The number of furan rings is 2. The van der Waals surface area contributed by atoms with Gasteiger partial charge in [0, 0.05) is 32.6 Å². The van der Waals surface area contributed by atoms with Gasteiger partial charge in [0.15, 0.2) is 0 Å². The van der Waals surface area contributed by atoms with E-state index in [-0.39, 0.29) is 5.41 Å². The van der Waals surface area contributed by atoms with Crippen molar-refractivity contribution < 1.29 is 8.83 Å². The van der Waals surface area contributed by atoms with Gasteiger partial charge in [0.25, 0.3) is 0 Å². The molecule has 234 valence electrons. The highest BCUT2D eigenvalue weighted by molar-refractivity contribution is 6.31. The molecule has 3 aromatic heterocycles. The second-order valence-corrected chi connectivity index (χ2v) is 14.1. The highest BCUT2D eigenvalue weighted by Crippen LogP contribution is 2.45. The van der Waals surface area contributed by atoms with E-state index in [1.807, 2.05) is 42.5 Å². The molecule has 48 heavy (non-hydrogen) atoms. The SMILES string of the molecule is Cc1cc(N(c2cccc(Cl)c2)c2cccc3oc4ccccc4c23)cc(-n2c3ccc(C(C)(C)C)cc3c3c4ccccc4oc32)c1. The van der Waals surface area contributed by atoms with Crippen molar-refractivity contribution in [2.24, 2.45) is 0 Å². The van der Waals surface area contributed by atoms with Gasteiger partial charge in [-0.2, -0.15) is 0 Å². The fourth-order valence-electron chi connectivity index (χ4n) is 7.20. The van der Waals surface area contributed by atoms with Crippen molar-refractivity contribution in [2.75, 3.05) is 4.90 Å². The highest BCUT2D eigenvalue weighted by Gasteiger charge is 2.24. The summed E-state index contributed by atoms with van der Waals surface area (Å²) in [6.45, 7) is 8.93. The molecule has 0 amide bonds. The number of nitrogens with zero attached hydrogens (tertiary/aromatic N) is 2. The molecule has 0 aliphatic carbocycles. The third kappa shape index (κ3) is 4.44. The van der Waals surface area contributed by atoms with Crippen LogP contribution in [-0.4, -0.2) is 4.57 Å². The Morgan fingerprint density at radius 3 is 2.08 bits per heavy atom. The van der Waals surface area contributed by atoms with Crippen LogP contribution in [0.2, 0.25) is 5.02 Å². The number of hydrogen-bond donors (Lipinski definition) is 0. The average molecular weight is 645 g/mol. The van der Waals surface area contributed by atoms with Crippen molar-refractivity contribution in [3.63, 3.8) is 0 Å². The van der Waals surface area contributed by atoms with Gasteiger partial charge in [-0.3, -0.25) is 4.57 Å². The molecule has 9 rings (SSSR count). The molecule has 0 saturated heterocycles. The summed E-state index contributed by atoms with van der Waals surface area (Å²) in [6.07, 6.45) is 0. The lowest BCUT2D eigenvalue weighted by molar-refractivity contribution is 0.591. The van der Waals surface area contributed by atoms with E-state index in [0.29, 0.717) is 5.02 Å². The van der Waals surface area contributed by atoms with Crippen LogP contribution >= 0.6 is 11.6 Å². The highest BCUT2D eigenvalue weighted by atomic mass is 35.5. The fraction of sp³-hybridized carbons (Fsp3) is 0.116. The summed E-state index contributed by atoms with van der Waals surface area (Å²) in [5.41, 5.74) is 10.9. The minimum absolute atomic E-state index is 0.00832. The first-order chi connectivity index (χ1) is 23.2. The first-order valence-electron chi connectivity index (χ1n) is 16.3. The lowest BCUT2D eigenvalue weighted by atomic mass is 9.86. The van der Waals surface area contributed by atoms with Gasteiger partial charge in [-0.15, -0.1) is 0 Å². The van der Waals surface area contributed by atoms with E-state index in [2.05, 4.69) is 122 Å². The van der Waals surface area contributed by atoms with Gasteiger partial charge >= 0.3 is 0 Å². The molecule has 9 aromatic rings. The molecule has 0 bridgehead atoms. The Hall–Kier alpha value is -5.45. The van der Waals surface area contributed by atoms with Crippen molar-refractivity contribution in [3.05, 3.63) is 144 Å². The topological polar surface area (TPSA) is 34.5 Å². The summed E-state index contributed by atoms with van der Waals surface area (Å²) < 4.78 is 15.3. The molecule has 0 aliphatic heterocycles. The minimum atomic E-state index is 0.00832. The summed E-state index contributed by atoms with van der Waals surface area (Å²) in [7, 11) is 0. The zero-order chi connectivity index (χ0) is 32.7. The number of anilines is 3. The number of fused-ring (bicyclic) bond motifs is 8. The number of rotatable bonds is 4. The van der Waals surface area contributed by atoms with E-state index in [1.165, 1.54) is 10.9 Å². The zero-order valence-corrected chi connectivity index (χ0v) is 28.0. The van der Waals surface area contributed by atoms with Crippen LogP contribution in [0.5, 0.6) is 0 Å². The van der Waals surface area contributed by atoms with Crippen molar-refractivity contribution in [3.8, 4) is 5.69 Å². The molecule has 5 heteroatoms. The summed E-state index contributed by atoms with van der Waals surface area (Å²) in [5, 5.41) is 6.23. The van der Waals surface area contributed by atoms with Crippen LogP contribution in [0.4, 0.5) is 17.1 Å². The van der Waals surface area contributed by atoms with Crippen molar-refractivity contribution in [2.45, 2.75) is 33.1 Å². The molecule has 0 spiro atoms. The molecule has 0 fully saturated rings. The molecular weight excluding hydrogens is 612 g/mol. The third-order valence-corrected chi connectivity index (χ3v) is 9.64. The van der Waals surface area contributed by atoms with Crippen LogP contribution in [0.25, 0.3) is 60.6 Å². The maximum atomic E-state index is 6.69. The van der Waals surface area contributed by atoms with E-state index in [4.69, 9.17) is 20.4 Å². The predicted octanol–water partition coefficient (Wildman–Crippen LogP) is 13.2. The quantitative estimate of drug-likeness (QED) is 0.191. The molecule has 0 unspecified atom stereocenters. The number of para-hydroxylation sites is 2. The van der Waals surface area contributed by atoms with E-state index in [9.17, 15) is 0 Å². The number of benzene rings is 6. The third-order valence-electron chi connectivity index (χ3n) is 9.40. The van der Waals surface area contributed by atoms with E-state index in [1.54, 1.807) is 0 Å². The Bertz CT molecular complexity index is 2700. The molecule has 0 N–H and O–H groups in total. The van der Waals surface area contributed by atoms with Gasteiger partial charge < -0.3 is 13.7 Å². The van der Waals surface area contributed by atoms with Crippen LogP contribution in [0.15, 0.2) is 136 Å². The lowest BCUT2D eigenvalue weighted by Crippen LogP contribution is -2.11. The summed E-state index contributed by atoms with van der Waals surface area (Å²) in [6, 6.07) is 44.4. The van der Waals surface area contributed by atoms with Crippen molar-refractivity contribution >= 4 is 83.6 Å². The first kappa shape index (κ1) is 28.7. The van der Waals surface area contributed by atoms with Gasteiger partial charge in [0.05, 0.1) is 27.7 Å². The molecule has 0 atom stereocenters. The van der Waals surface area contributed by atoms with E-state index < -0.39 is 0 Å². The summed E-state index contributed by atoms with van der Waals surface area (Å²) in [5.74, 6) is 0. The standard InChI is InChI=1S/C43H33ClN2O2/c1-26-21-30(45(29-12-9-11-28(44)24-29)36-15-10-18-39-41(36)33-14-6-7-16-37(33)47-39)25-31(22-26)46-35-20-19-27(43(2,3)4)23-34(35)40-32-13-5-8-17-38(32)48-42(40)46/h5-25H,1-4H3. The molecule has 0 saturated carbocycles. The Morgan fingerprint density at radius 1 is 0.604 bits per heavy atom. The number of hydrogen-bond acceptors (Lipinski definition) is 3. The molecule has 0 aliphatic rings. The van der Waals surface area contributed by atoms with Gasteiger partial charge in [0.2, 0.25) is 5.71 Å². The molecule has 3 heterocycles. The molecule has 4 nitrogen and oxygen atoms in total.